The molecule has 0 N–H and O–H groups in total. The monoisotopic (exact) mass is 293 g/mol. The number of carbonyl (C=O) groups excluding carboxylic acids is 1. The van der Waals surface area contributed by atoms with Crippen LogP contribution in [-0.4, -0.2) is 19.7 Å². The van der Waals surface area contributed by atoms with Crippen LogP contribution in [0.3, 0.4) is 0 Å². The highest BCUT2D eigenvalue weighted by Gasteiger charge is 2.17. The third-order valence-electron chi connectivity index (χ3n) is 1.80. The van der Waals surface area contributed by atoms with Gasteiger partial charge < -0.3 is 9.47 Å². The van der Waals surface area contributed by atoms with E-state index in [9.17, 15) is 4.79 Å². The Bertz CT molecular complexity index is 497. The topological polar surface area (TPSA) is 59.3 Å². The minimum atomic E-state index is -0.592. The average molecular weight is 295 g/mol. The molecule has 1 rings (SSSR count). The van der Waals surface area contributed by atoms with Crippen LogP contribution in [0, 0.1) is 11.3 Å². The van der Waals surface area contributed by atoms with E-state index >= 15 is 0 Å². The van der Waals surface area contributed by atoms with Crippen molar-refractivity contribution in [2.24, 2.45) is 0 Å². The van der Waals surface area contributed by atoms with Crippen molar-refractivity contribution < 1.29 is 14.3 Å². The first kappa shape index (κ1) is 13.9. The van der Waals surface area contributed by atoms with Crippen LogP contribution in [0.4, 0.5) is 0 Å². The number of rotatable bonds is 3. The molecular formula is C10H6Cl3NO3. The number of nitriles is 1. The molecule has 0 unspecified atom stereocenters. The number of methoxy groups -OCH3 is 1. The molecule has 4 nitrogen and oxygen atoms in total. The number of carbonyl (C=O) groups is 1. The number of benzene rings is 1. The molecule has 0 aliphatic carbocycles. The Labute approximate surface area is 113 Å². The Morgan fingerprint density at radius 1 is 1.41 bits per heavy atom. The fourth-order valence-corrected chi connectivity index (χ4v) is 1.95. The Hall–Kier alpha value is -1.15. The minimum absolute atomic E-state index is 0.0275. The van der Waals surface area contributed by atoms with Crippen molar-refractivity contribution in [1.29, 1.82) is 5.26 Å². The van der Waals surface area contributed by atoms with Crippen molar-refractivity contribution >= 4 is 40.8 Å². The van der Waals surface area contributed by atoms with E-state index in [4.69, 9.17) is 44.8 Å². The van der Waals surface area contributed by atoms with Crippen LogP contribution in [0.1, 0.15) is 5.56 Å². The van der Waals surface area contributed by atoms with Gasteiger partial charge in [-0.15, -0.1) is 0 Å². The van der Waals surface area contributed by atoms with Crippen molar-refractivity contribution in [2.45, 2.75) is 0 Å². The predicted molar refractivity (Wildman–Crippen MR) is 63.7 cm³/mol. The van der Waals surface area contributed by atoms with Gasteiger partial charge in [0.25, 0.3) is 0 Å². The van der Waals surface area contributed by atoms with Crippen LogP contribution < -0.4 is 4.74 Å². The Kier molecular flexibility index (Phi) is 4.88. The molecule has 0 bridgehead atoms. The van der Waals surface area contributed by atoms with Gasteiger partial charge in [-0.05, 0) is 6.07 Å². The maximum Gasteiger partial charge on any atom is 0.343 e. The molecule has 17 heavy (non-hydrogen) atoms. The summed E-state index contributed by atoms with van der Waals surface area (Å²) in [6.07, 6.45) is 0. The van der Waals surface area contributed by atoms with Gasteiger partial charge in [-0.2, -0.15) is 5.26 Å². The zero-order valence-electron chi connectivity index (χ0n) is 8.59. The van der Waals surface area contributed by atoms with Gasteiger partial charge in [0.15, 0.2) is 12.4 Å². The van der Waals surface area contributed by atoms with E-state index in [1.54, 1.807) is 0 Å². The molecule has 1 aromatic carbocycles. The van der Waals surface area contributed by atoms with Gasteiger partial charge >= 0.3 is 5.97 Å². The SMILES string of the molecule is COC(=O)COc1c(Cl)cc(Cl)c(C#N)c1Cl. The molecule has 0 saturated heterocycles. The Morgan fingerprint density at radius 3 is 2.59 bits per heavy atom. The second kappa shape index (κ2) is 5.97. The van der Waals surface area contributed by atoms with Crippen molar-refractivity contribution in [3.63, 3.8) is 0 Å². The highest BCUT2D eigenvalue weighted by atomic mass is 35.5. The molecule has 0 atom stereocenters. The number of halogens is 3. The summed E-state index contributed by atoms with van der Waals surface area (Å²) in [5.74, 6) is -0.565. The van der Waals surface area contributed by atoms with Gasteiger partial charge in [0.1, 0.15) is 11.1 Å². The van der Waals surface area contributed by atoms with E-state index in [0.717, 1.165) is 0 Å². The maximum absolute atomic E-state index is 10.9. The van der Waals surface area contributed by atoms with Crippen molar-refractivity contribution in [3.8, 4) is 11.8 Å². The fourth-order valence-electron chi connectivity index (χ4n) is 0.997. The highest BCUT2D eigenvalue weighted by Crippen LogP contribution is 2.39. The van der Waals surface area contributed by atoms with Gasteiger partial charge in [-0.3, -0.25) is 0 Å². The molecule has 0 aromatic heterocycles. The lowest BCUT2D eigenvalue weighted by molar-refractivity contribution is -0.142. The summed E-state index contributed by atoms with van der Waals surface area (Å²) >= 11 is 17.5. The number of hydrogen-bond donors (Lipinski definition) is 0. The van der Waals surface area contributed by atoms with Crippen LogP contribution in [0.15, 0.2) is 6.07 Å². The molecule has 0 heterocycles. The third kappa shape index (κ3) is 3.16. The summed E-state index contributed by atoms with van der Waals surface area (Å²) < 4.78 is 9.46. The zero-order valence-corrected chi connectivity index (χ0v) is 10.9. The van der Waals surface area contributed by atoms with Crippen molar-refractivity contribution in [1.82, 2.24) is 0 Å². The van der Waals surface area contributed by atoms with E-state index in [1.807, 2.05) is 6.07 Å². The first-order valence-electron chi connectivity index (χ1n) is 4.28. The molecule has 0 aliphatic rings. The van der Waals surface area contributed by atoms with E-state index in [0.29, 0.717) is 0 Å². The minimum Gasteiger partial charge on any atom is -0.479 e. The lowest BCUT2D eigenvalue weighted by Crippen LogP contribution is -2.13. The lowest BCUT2D eigenvalue weighted by atomic mass is 10.2. The first-order chi connectivity index (χ1) is 8.01. The summed E-state index contributed by atoms with van der Waals surface area (Å²) in [5.41, 5.74) is 0.0394. The van der Waals surface area contributed by atoms with Gasteiger partial charge in [-0.25, -0.2) is 4.79 Å². The largest absolute Gasteiger partial charge is 0.479 e. The Balaban J connectivity index is 3.08. The van der Waals surface area contributed by atoms with Gasteiger partial charge in [-0.1, -0.05) is 34.8 Å². The van der Waals surface area contributed by atoms with Gasteiger partial charge in [0.2, 0.25) is 0 Å². The smallest absolute Gasteiger partial charge is 0.343 e. The fraction of sp³-hybridized carbons (Fsp3) is 0.200. The molecule has 7 heteroatoms. The third-order valence-corrected chi connectivity index (χ3v) is 2.74. The molecule has 0 saturated carbocycles. The molecule has 1 aromatic rings. The second-order valence-corrected chi connectivity index (χ2v) is 4.03. The standard InChI is InChI=1S/C10H6Cl3NO3/c1-16-8(15)4-17-10-7(12)2-6(11)5(3-14)9(10)13/h2H,4H2,1H3. The van der Waals surface area contributed by atoms with E-state index in [-0.39, 0.29) is 33.0 Å². The average Bonchev–Trinajstić information content (AvgIpc) is 2.28. The van der Waals surface area contributed by atoms with Crippen LogP contribution in [0.25, 0.3) is 0 Å². The molecule has 0 aliphatic heterocycles. The van der Waals surface area contributed by atoms with Crippen molar-refractivity contribution in [3.05, 3.63) is 26.7 Å². The maximum atomic E-state index is 10.9. The first-order valence-corrected chi connectivity index (χ1v) is 5.41. The summed E-state index contributed by atoms with van der Waals surface area (Å²) in [7, 11) is 1.22. The number of hydrogen-bond acceptors (Lipinski definition) is 4. The van der Waals surface area contributed by atoms with Gasteiger partial charge in [0.05, 0.1) is 22.7 Å². The van der Waals surface area contributed by atoms with Crippen LogP contribution in [-0.2, 0) is 9.53 Å². The van der Waals surface area contributed by atoms with E-state index in [1.165, 1.54) is 13.2 Å². The lowest BCUT2D eigenvalue weighted by Gasteiger charge is -2.10. The van der Waals surface area contributed by atoms with E-state index in [2.05, 4.69) is 4.74 Å². The summed E-state index contributed by atoms with van der Waals surface area (Å²) in [6, 6.07) is 3.13. The second-order valence-electron chi connectivity index (χ2n) is 2.83. The van der Waals surface area contributed by atoms with Crippen LogP contribution >= 0.6 is 34.8 Å². The van der Waals surface area contributed by atoms with Crippen LogP contribution in [0.2, 0.25) is 15.1 Å². The molecule has 0 amide bonds. The van der Waals surface area contributed by atoms with Gasteiger partial charge in [0, 0.05) is 0 Å². The van der Waals surface area contributed by atoms with Crippen molar-refractivity contribution in [2.75, 3.05) is 13.7 Å². The number of ether oxygens (including phenoxy) is 2. The zero-order chi connectivity index (χ0) is 13.0. The van der Waals surface area contributed by atoms with E-state index < -0.39 is 5.97 Å². The molecular weight excluding hydrogens is 288 g/mol. The normalized spacial score (nSPS) is 9.59. The molecule has 90 valence electrons. The molecule has 0 fully saturated rings. The highest BCUT2D eigenvalue weighted by molar-refractivity contribution is 6.41. The van der Waals surface area contributed by atoms with Crippen LogP contribution in [0.5, 0.6) is 5.75 Å². The summed E-state index contributed by atoms with van der Waals surface area (Å²) in [5, 5.41) is 9.03. The molecule has 0 spiro atoms. The predicted octanol–water partition coefficient (Wildman–Crippen LogP) is 3.07. The number of nitrogens with zero attached hydrogens (tertiary/aromatic N) is 1. The summed E-state index contributed by atoms with van der Waals surface area (Å²) in [4.78, 5) is 10.9. The number of esters is 1. The summed E-state index contributed by atoms with van der Waals surface area (Å²) in [6.45, 7) is -0.359. The Morgan fingerprint density at radius 2 is 2.06 bits per heavy atom. The molecule has 0 radical (unpaired) electrons. The quantitative estimate of drug-likeness (QED) is 0.804.